The van der Waals surface area contributed by atoms with E-state index in [9.17, 15) is 19.7 Å². The van der Waals surface area contributed by atoms with E-state index in [1.807, 2.05) is 0 Å². The fraction of sp³-hybridized carbons (Fsp3) is 0.111. The summed E-state index contributed by atoms with van der Waals surface area (Å²) < 4.78 is 10.6. The number of ether oxygens (including phenoxy) is 2. The predicted octanol–water partition coefficient (Wildman–Crippen LogP) is 1.86. The van der Waals surface area contributed by atoms with Gasteiger partial charge in [0.05, 0.1) is 16.8 Å². The molecule has 2 aliphatic rings. The molecule has 1 amide bonds. The van der Waals surface area contributed by atoms with Crippen molar-refractivity contribution in [1.82, 2.24) is 0 Å². The number of ketones is 1. The fourth-order valence-corrected chi connectivity index (χ4v) is 2.23. The molecule has 8 nitrogen and oxygen atoms in total. The van der Waals surface area contributed by atoms with Crippen LogP contribution in [0.3, 0.4) is 0 Å². The van der Waals surface area contributed by atoms with Crippen LogP contribution in [0.1, 0.15) is 0 Å². The highest BCUT2D eigenvalue weighted by molar-refractivity contribution is 6.06. The molecule has 1 unspecified atom stereocenters. The topological polar surface area (TPSA) is 108 Å². The second kappa shape index (κ2) is 7.36. The average molecular weight is 352 g/mol. The van der Waals surface area contributed by atoms with E-state index in [0.717, 1.165) is 0 Å². The summed E-state index contributed by atoms with van der Waals surface area (Å²) in [5, 5.41) is 13.2. The molecule has 3 rings (SSSR count). The number of nitrogens with one attached hydrogen (secondary N) is 1. The minimum absolute atomic E-state index is 0.131. The van der Waals surface area contributed by atoms with Gasteiger partial charge in [0.25, 0.3) is 11.6 Å². The van der Waals surface area contributed by atoms with Crippen molar-refractivity contribution in [3.05, 3.63) is 70.2 Å². The summed E-state index contributed by atoms with van der Waals surface area (Å²) in [5.74, 6) is 4.95. The minimum Gasteiger partial charge on any atom is -0.480 e. The summed E-state index contributed by atoms with van der Waals surface area (Å²) in [6.07, 6.45) is 4.94. The molecule has 8 heteroatoms. The number of carbonyl (C=O) groups excluding carboxylic acids is 2. The SMILES string of the molecule is O=C(COC1=CC=C2C(=O)C=COC2C#C1)Nc1cccc([N+](=O)[O-])c1. The zero-order valence-electron chi connectivity index (χ0n) is 13.3. The molecule has 1 aliphatic carbocycles. The predicted molar refractivity (Wildman–Crippen MR) is 90.6 cm³/mol. The van der Waals surface area contributed by atoms with Crippen LogP contribution >= 0.6 is 0 Å². The Hall–Kier alpha value is -3.86. The van der Waals surface area contributed by atoms with Crippen LogP contribution in [0.5, 0.6) is 0 Å². The number of amides is 1. The number of hydrogen-bond acceptors (Lipinski definition) is 6. The van der Waals surface area contributed by atoms with Gasteiger partial charge in [-0.15, -0.1) is 0 Å². The van der Waals surface area contributed by atoms with Gasteiger partial charge in [0, 0.05) is 23.9 Å². The summed E-state index contributed by atoms with van der Waals surface area (Å²) in [6, 6.07) is 5.56. The third-order valence-corrected chi connectivity index (χ3v) is 3.44. The zero-order chi connectivity index (χ0) is 18.5. The first kappa shape index (κ1) is 17.0. The Balaban J connectivity index is 1.60. The van der Waals surface area contributed by atoms with Crippen LogP contribution in [0.25, 0.3) is 0 Å². The summed E-state index contributed by atoms with van der Waals surface area (Å²) in [6.45, 7) is -0.343. The van der Waals surface area contributed by atoms with Gasteiger partial charge in [-0.25, -0.2) is 0 Å². The van der Waals surface area contributed by atoms with E-state index in [4.69, 9.17) is 9.47 Å². The monoisotopic (exact) mass is 352 g/mol. The number of nitrogens with zero attached hydrogens (tertiary/aromatic N) is 1. The molecule has 1 aromatic carbocycles. The van der Waals surface area contributed by atoms with Crippen molar-refractivity contribution < 1.29 is 24.0 Å². The summed E-state index contributed by atoms with van der Waals surface area (Å²) >= 11 is 0. The van der Waals surface area contributed by atoms with E-state index >= 15 is 0 Å². The number of fused-ring (bicyclic) bond motifs is 1. The van der Waals surface area contributed by atoms with Gasteiger partial charge in [-0.3, -0.25) is 19.7 Å². The first-order valence-electron chi connectivity index (χ1n) is 7.50. The van der Waals surface area contributed by atoms with Crippen molar-refractivity contribution in [2.75, 3.05) is 11.9 Å². The van der Waals surface area contributed by atoms with Crippen LogP contribution < -0.4 is 5.32 Å². The van der Waals surface area contributed by atoms with Crippen molar-refractivity contribution in [1.29, 1.82) is 0 Å². The van der Waals surface area contributed by atoms with Crippen molar-refractivity contribution in [2.24, 2.45) is 0 Å². The van der Waals surface area contributed by atoms with Crippen molar-refractivity contribution in [3.63, 3.8) is 0 Å². The lowest BCUT2D eigenvalue weighted by Gasteiger charge is -2.15. The zero-order valence-corrected chi connectivity index (χ0v) is 13.3. The molecule has 26 heavy (non-hydrogen) atoms. The number of benzene rings is 1. The molecule has 1 atom stereocenters. The van der Waals surface area contributed by atoms with Gasteiger partial charge in [0.1, 0.15) is 0 Å². The Morgan fingerprint density at radius 3 is 3.04 bits per heavy atom. The fourth-order valence-electron chi connectivity index (χ4n) is 2.23. The lowest BCUT2D eigenvalue weighted by atomic mass is 10.0. The molecule has 1 heterocycles. The molecule has 0 saturated carbocycles. The van der Waals surface area contributed by atoms with Gasteiger partial charge in [-0.1, -0.05) is 6.07 Å². The van der Waals surface area contributed by atoms with Crippen molar-refractivity contribution in [2.45, 2.75) is 6.10 Å². The van der Waals surface area contributed by atoms with E-state index in [1.54, 1.807) is 0 Å². The van der Waals surface area contributed by atoms with E-state index in [-0.39, 0.29) is 29.5 Å². The van der Waals surface area contributed by atoms with Crippen molar-refractivity contribution >= 4 is 23.1 Å². The van der Waals surface area contributed by atoms with Crippen molar-refractivity contribution in [3.8, 4) is 11.8 Å². The molecule has 1 N–H and O–H groups in total. The lowest BCUT2D eigenvalue weighted by Crippen LogP contribution is -2.20. The lowest BCUT2D eigenvalue weighted by molar-refractivity contribution is -0.384. The largest absolute Gasteiger partial charge is 0.480 e. The third kappa shape index (κ3) is 3.96. The molecule has 0 bridgehead atoms. The van der Waals surface area contributed by atoms with Gasteiger partial charge in [0.2, 0.25) is 0 Å². The summed E-state index contributed by atoms with van der Waals surface area (Å²) in [7, 11) is 0. The van der Waals surface area contributed by atoms with Gasteiger partial charge in [-0.2, -0.15) is 0 Å². The highest BCUT2D eigenvalue weighted by Crippen LogP contribution is 2.18. The Morgan fingerprint density at radius 1 is 1.38 bits per heavy atom. The Labute approximate surface area is 147 Å². The molecular formula is C18H12N2O6. The Bertz CT molecular complexity index is 932. The average Bonchev–Trinajstić information content (AvgIpc) is 2.83. The van der Waals surface area contributed by atoms with E-state index < -0.39 is 16.9 Å². The number of non-ortho nitro benzene ring substituents is 1. The molecule has 0 aromatic heterocycles. The highest BCUT2D eigenvalue weighted by atomic mass is 16.6. The van der Waals surface area contributed by atoms with Crippen LogP contribution in [-0.4, -0.2) is 29.3 Å². The molecule has 130 valence electrons. The summed E-state index contributed by atoms with van der Waals surface area (Å²) in [5.41, 5.74) is 0.542. The second-order valence-corrected chi connectivity index (χ2v) is 5.25. The first-order chi connectivity index (χ1) is 12.5. The molecule has 1 aliphatic heterocycles. The molecular weight excluding hydrogens is 340 g/mol. The standard InChI is InChI=1S/C18H12N2O6/c21-16-8-9-25-17-7-5-14(4-6-15(16)17)26-11-18(22)19-12-2-1-3-13(10-12)20(23)24/h1-4,6,8-10,17H,11H2,(H,19,22). The molecule has 0 fully saturated rings. The molecule has 0 radical (unpaired) electrons. The molecule has 0 spiro atoms. The number of allylic oxidation sites excluding steroid dienone is 4. The smallest absolute Gasteiger partial charge is 0.271 e. The maximum Gasteiger partial charge on any atom is 0.271 e. The number of hydrogen-bond donors (Lipinski definition) is 1. The minimum atomic E-state index is -0.663. The first-order valence-corrected chi connectivity index (χ1v) is 7.50. The summed E-state index contributed by atoms with van der Waals surface area (Å²) in [4.78, 5) is 33.9. The third-order valence-electron chi connectivity index (χ3n) is 3.44. The number of rotatable bonds is 5. The maximum absolute atomic E-state index is 11.9. The second-order valence-electron chi connectivity index (χ2n) is 5.25. The van der Waals surface area contributed by atoms with Gasteiger partial charge in [0.15, 0.2) is 24.3 Å². The molecule has 1 aromatic rings. The Kier molecular flexibility index (Phi) is 4.80. The van der Waals surface area contributed by atoms with Gasteiger partial charge in [-0.05, 0) is 30.1 Å². The number of nitro groups is 1. The molecule has 0 saturated heterocycles. The van der Waals surface area contributed by atoms with E-state index in [2.05, 4.69) is 17.2 Å². The highest BCUT2D eigenvalue weighted by Gasteiger charge is 2.22. The number of anilines is 1. The Morgan fingerprint density at radius 2 is 2.23 bits per heavy atom. The van der Waals surface area contributed by atoms with Crippen LogP contribution in [-0.2, 0) is 19.1 Å². The van der Waals surface area contributed by atoms with Crippen LogP contribution in [0.4, 0.5) is 11.4 Å². The van der Waals surface area contributed by atoms with Crippen LogP contribution in [0, 0.1) is 22.0 Å². The number of nitro benzene ring substituents is 1. The van der Waals surface area contributed by atoms with E-state index in [1.165, 1.54) is 48.8 Å². The normalized spacial score (nSPS) is 17.4. The maximum atomic E-state index is 11.9. The van der Waals surface area contributed by atoms with E-state index in [0.29, 0.717) is 5.57 Å². The van der Waals surface area contributed by atoms with Crippen LogP contribution in [0.15, 0.2) is 60.1 Å². The van der Waals surface area contributed by atoms with Gasteiger partial charge >= 0.3 is 0 Å². The quantitative estimate of drug-likeness (QED) is 0.492. The number of carbonyl (C=O) groups is 2. The van der Waals surface area contributed by atoms with Crippen LogP contribution in [0.2, 0.25) is 0 Å². The van der Waals surface area contributed by atoms with Gasteiger partial charge < -0.3 is 14.8 Å².